The van der Waals surface area contributed by atoms with Crippen molar-refractivity contribution >= 4 is 28.7 Å². The van der Waals surface area contributed by atoms with E-state index < -0.39 is 0 Å². The Morgan fingerprint density at radius 1 is 1.10 bits per heavy atom. The van der Waals surface area contributed by atoms with Crippen molar-refractivity contribution in [3.8, 4) is 11.3 Å². The van der Waals surface area contributed by atoms with Crippen LogP contribution in [0.2, 0.25) is 0 Å². The standard InChI is InChI=1S/C20H20N8O/c1-2-22-20(29)27-18-8-7-16-19(26-18)25-17(10-23-16)14-9-24-28(12-14)11-13-3-5-15(21)6-4-13/h3-10,12H,2,11,21H2,1H3,(H2,22,25,26,27,29). The van der Waals surface area contributed by atoms with Gasteiger partial charge in [0.2, 0.25) is 0 Å². The topological polar surface area (TPSA) is 124 Å². The molecule has 0 spiro atoms. The van der Waals surface area contributed by atoms with E-state index in [1.807, 2.05) is 42.1 Å². The first kappa shape index (κ1) is 18.4. The van der Waals surface area contributed by atoms with Crippen LogP contribution < -0.4 is 16.4 Å². The van der Waals surface area contributed by atoms with E-state index in [1.54, 1.807) is 24.5 Å². The molecular formula is C20H20N8O. The molecule has 1 aromatic carbocycles. The van der Waals surface area contributed by atoms with Gasteiger partial charge < -0.3 is 11.1 Å². The Morgan fingerprint density at radius 3 is 2.72 bits per heavy atom. The van der Waals surface area contributed by atoms with Gasteiger partial charge in [0.25, 0.3) is 0 Å². The first-order valence-corrected chi connectivity index (χ1v) is 9.16. The smallest absolute Gasteiger partial charge is 0.320 e. The quantitative estimate of drug-likeness (QED) is 0.452. The Balaban J connectivity index is 1.56. The van der Waals surface area contributed by atoms with Gasteiger partial charge in [-0.05, 0) is 36.8 Å². The molecule has 2 amide bonds. The van der Waals surface area contributed by atoms with Gasteiger partial charge in [-0.15, -0.1) is 0 Å². The molecule has 146 valence electrons. The van der Waals surface area contributed by atoms with Crippen molar-refractivity contribution in [1.82, 2.24) is 30.0 Å². The molecule has 4 N–H and O–H groups in total. The summed E-state index contributed by atoms with van der Waals surface area (Å²) in [7, 11) is 0. The second-order valence-electron chi connectivity index (χ2n) is 6.45. The summed E-state index contributed by atoms with van der Waals surface area (Å²) in [5, 5.41) is 9.74. The zero-order valence-corrected chi connectivity index (χ0v) is 15.8. The number of amides is 2. The number of anilines is 2. The van der Waals surface area contributed by atoms with Crippen LogP contribution in [0.25, 0.3) is 22.4 Å². The summed E-state index contributed by atoms with van der Waals surface area (Å²) >= 11 is 0. The van der Waals surface area contributed by atoms with Crippen molar-refractivity contribution in [3.63, 3.8) is 0 Å². The van der Waals surface area contributed by atoms with Crippen molar-refractivity contribution in [1.29, 1.82) is 0 Å². The van der Waals surface area contributed by atoms with E-state index in [0.29, 0.717) is 35.8 Å². The van der Waals surface area contributed by atoms with E-state index >= 15 is 0 Å². The lowest BCUT2D eigenvalue weighted by Crippen LogP contribution is -2.28. The van der Waals surface area contributed by atoms with Gasteiger partial charge in [0, 0.05) is 24.0 Å². The molecule has 4 rings (SSSR count). The summed E-state index contributed by atoms with van der Waals surface area (Å²) in [4.78, 5) is 25.1. The van der Waals surface area contributed by atoms with E-state index in [0.717, 1.165) is 16.8 Å². The molecular weight excluding hydrogens is 368 g/mol. The lowest BCUT2D eigenvalue weighted by Gasteiger charge is -2.06. The Bertz CT molecular complexity index is 1150. The lowest BCUT2D eigenvalue weighted by molar-refractivity contribution is 0.252. The number of nitrogens with two attached hydrogens (primary N) is 1. The largest absolute Gasteiger partial charge is 0.399 e. The van der Waals surface area contributed by atoms with Crippen LogP contribution in [0, 0.1) is 0 Å². The van der Waals surface area contributed by atoms with Gasteiger partial charge in [0.15, 0.2) is 5.65 Å². The Hall–Kier alpha value is -4.01. The number of urea groups is 1. The predicted octanol–water partition coefficient (Wildman–Crippen LogP) is 2.66. The minimum atomic E-state index is -0.313. The van der Waals surface area contributed by atoms with Gasteiger partial charge >= 0.3 is 6.03 Å². The van der Waals surface area contributed by atoms with Gasteiger partial charge in [-0.2, -0.15) is 5.10 Å². The van der Waals surface area contributed by atoms with Crippen LogP contribution in [-0.4, -0.2) is 37.3 Å². The van der Waals surface area contributed by atoms with Crippen LogP contribution in [0.4, 0.5) is 16.3 Å². The lowest BCUT2D eigenvalue weighted by atomic mass is 10.2. The number of carbonyl (C=O) groups is 1. The fourth-order valence-electron chi connectivity index (χ4n) is 2.82. The maximum atomic E-state index is 11.7. The number of nitrogens with zero attached hydrogens (tertiary/aromatic N) is 5. The summed E-state index contributed by atoms with van der Waals surface area (Å²) in [5.41, 5.74) is 10.1. The zero-order chi connectivity index (χ0) is 20.2. The van der Waals surface area contributed by atoms with E-state index in [4.69, 9.17) is 5.73 Å². The Labute approximate surface area is 167 Å². The first-order valence-electron chi connectivity index (χ1n) is 9.16. The van der Waals surface area contributed by atoms with Crippen LogP contribution in [0.1, 0.15) is 12.5 Å². The van der Waals surface area contributed by atoms with Gasteiger partial charge in [-0.25, -0.2) is 14.8 Å². The molecule has 0 atom stereocenters. The molecule has 29 heavy (non-hydrogen) atoms. The number of carbonyl (C=O) groups excluding carboxylic acids is 1. The number of hydrogen-bond donors (Lipinski definition) is 3. The van der Waals surface area contributed by atoms with Gasteiger partial charge in [-0.1, -0.05) is 12.1 Å². The number of nitrogen functional groups attached to an aromatic ring is 1. The zero-order valence-electron chi connectivity index (χ0n) is 15.8. The highest BCUT2D eigenvalue weighted by Crippen LogP contribution is 2.19. The number of nitrogens with one attached hydrogen (secondary N) is 2. The van der Waals surface area contributed by atoms with Gasteiger partial charge in [0.05, 0.1) is 24.6 Å². The molecule has 4 aromatic rings. The van der Waals surface area contributed by atoms with Crippen molar-refractivity contribution in [2.45, 2.75) is 13.5 Å². The third-order valence-electron chi connectivity index (χ3n) is 4.24. The summed E-state index contributed by atoms with van der Waals surface area (Å²) in [6, 6.07) is 10.8. The first-order chi connectivity index (χ1) is 14.1. The Kier molecular flexibility index (Phi) is 5.02. The predicted molar refractivity (Wildman–Crippen MR) is 111 cm³/mol. The third-order valence-corrected chi connectivity index (χ3v) is 4.24. The van der Waals surface area contributed by atoms with E-state index in [-0.39, 0.29) is 6.03 Å². The minimum Gasteiger partial charge on any atom is -0.399 e. The summed E-state index contributed by atoms with van der Waals surface area (Å²) in [6.45, 7) is 3.00. The number of rotatable bonds is 5. The van der Waals surface area contributed by atoms with Gasteiger partial charge in [-0.3, -0.25) is 15.0 Å². The molecule has 0 aliphatic heterocycles. The Morgan fingerprint density at radius 2 is 1.93 bits per heavy atom. The fourth-order valence-corrected chi connectivity index (χ4v) is 2.82. The highest BCUT2D eigenvalue weighted by Gasteiger charge is 2.09. The minimum absolute atomic E-state index is 0.313. The summed E-state index contributed by atoms with van der Waals surface area (Å²) in [6.07, 6.45) is 5.33. The molecule has 0 radical (unpaired) electrons. The number of aromatic nitrogens is 5. The molecule has 0 fully saturated rings. The number of hydrogen-bond acceptors (Lipinski definition) is 6. The van der Waals surface area contributed by atoms with E-state index in [1.165, 1.54) is 0 Å². The molecule has 3 aromatic heterocycles. The molecule has 0 unspecified atom stereocenters. The maximum absolute atomic E-state index is 11.7. The molecule has 9 heteroatoms. The van der Waals surface area contributed by atoms with Crippen LogP contribution in [0.15, 0.2) is 55.0 Å². The summed E-state index contributed by atoms with van der Waals surface area (Å²) in [5.74, 6) is 0.411. The second-order valence-corrected chi connectivity index (χ2v) is 6.45. The van der Waals surface area contributed by atoms with Crippen LogP contribution >= 0.6 is 0 Å². The van der Waals surface area contributed by atoms with Crippen molar-refractivity contribution in [2.75, 3.05) is 17.6 Å². The highest BCUT2D eigenvalue weighted by molar-refractivity contribution is 5.89. The van der Waals surface area contributed by atoms with E-state index in [9.17, 15) is 4.79 Å². The van der Waals surface area contributed by atoms with E-state index in [2.05, 4.69) is 30.7 Å². The fraction of sp³-hybridized carbons (Fsp3) is 0.150. The van der Waals surface area contributed by atoms with Crippen LogP contribution in [0.5, 0.6) is 0 Å². The second kappa shape index (κ2) is 7.93. The highest BCUT2D eigenvalue weighted by atomic mass is 16.2. The molecule has 3 heterocycles. The average molecular weight is 388 g/mol. The van der Waals surface area contributed by atoms with Crippen molar-refractivity contribution in [2.24, 2.45) is 0 Å². The monoisotopic (exact) mass is 388 g/mol. The molecule has 0 bridgehead atoms. The number of pyridine rings is 1. The van der Waals surface area contributed by atoms with Crippen LogP contribution in [0.3, 0.4) is 0 Å². The molecule has 0 aliphatic carbocycles. The average Bonchev–Trinajstić information content (AvgIpc) is 3.18. The van der Waals surface area contributed by atoms with Crippen molar-refractivity contribution in [3.05, 3.63) is 60.6 Å². The molecule has 9 nitrogen and oxygen atoms in total. The van der Waals surface area contributed by atoms with Crippen molar-refractivity contribution < 1.29 is 4.79 Å². The maximum Gasteiger partial charge on any atom is 0.320 e. The number of fused-ring (bicyclic) bond motifs is 1. The van der Waals surface area contributed by atoms with Crippen LogP contribution in [-0.2, 0) is 6.54 Å². The SMILES string of the molecule is CCNC(=O)Nc1ccc2ncc(-c3cnn(Cc4ccc(N)cc4)c3)nc2n1. The molecule has 0 saturated heterocycles. The normalized spacial score (nSPS) is 10.8. The number of benzene rings is 1. The third kappa shape index (κ3) is 4.29. The summed E-state index contributed by atoms with van der Waals surface area (Å²) < 4.78 is 1.83. The van der Waals surface area contributed by atoms with Gasteiger partial charge in [0.1, 0.15) is 11.3 Å². The molecule has 0 aliphatic rings. The molecule has 0 saturated carbocycles.